The molecule has 1 aromatic carbocycles. The van der Waals surface area contributed by atoms with E-state index in [1.807, 2.05) is 0 Å². The molecule has 0 atom stereocenters. The highest BCUT2D eigenvalue weighted by Crippen LogP contribution is 2.11. The molecule has 0 bridgehead atoms. The first kappa shape index (κ1) is 16.6. The zero-order valence-corrected chi connectivity index (χ0v) is 12.5. The molecule has 0 fully saturated rings. The van der Waals surface area contributed by atoms with E-state index in [-0.39, 0.29) is 17.9 Å². The quantitative estimate of drug-likeness (QED) is 0.790. The van der Waals surface area contributed by atoms with Gasteiger partial charge in [0.2, 0.25) is 10.0 Å². The van der Waals surface area contributed by atoms with Crippen molar-refractivity contribution in [3.63, 3.8) is 0 Å². The molecule has 2 N–H and O–H groups in total. The first-order valence-electron chi connectivity index (χ1n) is 5.98. The summed E-state index contributed by atoms with van der Waals surface area (Å²) in [7, 11) is -2.02. The van der Waals surface area contributed by atoms with Gasteiger partial charge in [-0.05, 0) is 31.5 Å². The fourth-order valence-corrected chi connectivity index (χ4v) is 3.41. The highest BCUT2D eigenvalue weighted by Gasteiger charge is 2.24. The monoisotopic (exact) mass is 301 g/mol. The van der Waals surface area contributed by atoms with Crippen LogP contribution in [-0.2, 0) is 20.5 Å². The molecule has 7 heteroatoms. The topological polar surface area (TPSA) is 92.7 Å². The number of hydrogen-bond acceptors (Lipinski definition) is 4. The lowest BCUT2D eigenvalue weighted by atomic mass is 10.1. The van der Waals surface area contributed by atoms with E-state index in [0.29, 0.717) is 5.56 Å². The molecule has 0 heterocycles. The van der Waals surface area contributed by atoms with Crippen LogP contribution in [-0.4, -0.2) is 38.7 Å². The maximum atomic E-state index is 12.0. The predicted molar refractivity (Wildman–Crippen MR) is 75.1 cm³/mol. The van der Waals surface area contributed by atoms with Gasteiger partial charge < -0.3 is 9.84 Å². The average molecular weight is 301 g/mol. The maximum Gasteiger partial charge on any atom is 0.335 e. The summed E-state index contributed by atoms with van der Waals surface area (Å²) in [5, 5.41) is 8.78. The van der Waals surface area contributed by atoms with Crippen LogP contribution in [0.4, 0.5) is 0 Å². The summed E-state index contributed by atoms with van der Waals surface area (Å²) in [5.41, 5.74) is -0.0521. The number of carbonyl (C=O) groups is 1. The highest BCUT2D eigenvalue weighted by atomic mass is 32.2. The van der Waals surface area contributed by atoms with Crippen LogP contribution in [0.3, 0.4) is 0 Å². The molecule has 0 radical (unpaired) electrons. The van der Waals surface area contributed by atoms with Gasteiger partial charge in [-0.1, -0.05) is 12.1 Å². The number of carboxylic acid groups (broad SMARTS) is 1. The molecule has 0 spiro atoms. The van der Waals surface area contributed by atoms with Gasteiger partial charge in [0.05, 0.1) is 23.5 Å². The third-order valence-electron chi connectivity index (χ3n) is 2.49. The van der Waals surface area contributed by atoms with Crippen molar-refractivity contribution >= 4 is 16.0 Å². The number of ether oxygens (including phenoxy) is 1. The lowest BCUT2D eigenvalue weighted by Crippen LogP contribution is -2.47. The van der Waals surface area contributed by atoms with Crippen molar-refractivity contribution in [3.05, 3.63) is 35.4 Å². The van der Waals surface area contributed by atoms with Gasteiger partial charge in [-0.25, -0.2) is 17.9 Å². The standard InChI is InChI=1S/C13H19NO5S/c1-13(2,9-19-3)14-20(17,18)8-10-4-6-11(7-5-10)12(15)16/h4-7,14H,8-9H2,1-3H3,(H,15,16). The van der Waals surface area contributed by atoms with Crippen LogP contribution in [0.1, 0.15) is 29.8 Å². The lowest BCUT2D eigenvalue weighted by molar-refractivity contribution is 0.0697. The van der Waals surface area contributed by atoms with Crippen molar-refractivity contribution in [3.8, 4) is 0 Å². The third kappa shape index (κ3) is 5.28. The molecule has 0 saturated heterocycles. The third-order valence-corrected chi connectivity index (χ3v) is 4.07. The van der Waals surface area contributed by atoms with Gasteiger partial charge in [-0.3, -0.25) is 0 Å². The molecule has 0 amide bonds. The number of nitrogens with one attached hydrogen (secondary N) is 1. The van der Waals surface area contributed by atoms with Crippen LogP contribution in [0.5, 0.6) is 0 Å². The van der Waals surface area contributed by atoms with E-state index < -0.39 is 21.5 Å². The Hall–Kier alpha value is -1.44. The van der Waals surface area contributed by atoms with E-state index in [4.69, 9.17) is 9.84 Å². The first-order chi connectivity index (χ1) is 9.15. The molecular weight excluding hydrogens is 282 g/mol. The van der Waals surface area contributed by atoms with Crippen molar-refractivity contribution in [2.24, 2.45) is 0 Å². The summed E-state index contributed by atoms with van der Waals surface area (Å²) in [6.07, 6.45) is 0. The molecule has 1 rings (SSSR count). The van der Waals surface area contributed by atoms with Crippen molar-refractivity contribution in [1.29, 1.82) is 0 Å². The number of sulfonamides is 1. The Morgan fingerprint density at radius 3 is 2.30 bits per heavy atom. The van der Waals surface area contributed by atoms with Crippen molar-refractivity contribution in [1.82, 2.24) is 4.72 Å². The van der Waals surface area contributed by atoms with Crippen molar-refractivity contribution in [2.75, 3.05) is 13.7 Å². The minimum atomic E-state index is -3.53. The summed E-state index contributed by atoms with van der Waals surface area (Å²) in [6.45, 7) is 3.70. The largest absolute Gasteiger partial charge is 0.478 e. The Balaban J connectivity index is 2.78. The van der Waals surface area contributed by atoms with Crippen LogP contribution in [0.15, 0.2) is 24.3 Å². The highest BCUT2D eigenvalue weighted by molar-refractivity contribution is 7.88. The summed E-state index contributed by atoms with van der Waals surface area (Å²) in [5.74, 6) is -1.25. The molecule has 1 aromatic rings. The van der Waals surface area contributed by atoms with Crippen molar-refractivity contribution < 1.29 is 23.1 Å². The SMILES string of the molecule is COCC(C)(C)NS(=O)(=O)Cc1ccc(C(=O)O)cc1. The van der Waals surface area contributed by atoms with Crippen LogP contribution in [0.2, 0.25) is 0 Å². The number of rotatable bonds is 7. The summed E-state index contributed by atoms with van der Waals surface area (Å²) in [6, 6.07) is 5.75. The van der Waals surface area contributed by atoms with Gasteiger partial charge in [0.15, 0.2) is 0 Å². The number of methoxy groups -OCH3 is 1. The molecule has 0 saturated carbocycles. The minimum Gasteiger partial charge on any atom is -0.478 e. The van der Waals surface area contributed by atoms with E-state index in [9.17, 15) is 13.2 Å². The summed E-state index contributed by atoms with van der Waals surface area (Å²) in [4.78, 5) is 10.7. The van der Waals surface area contributed by atoms with E-state index in [0.717, 1.165) is 0 Å². The van der Waals surface area contributed by atoms with Gasteiger partial charge in [0, 0.05) is 7.11 Å². The molecule has 112 valence electrons. The molecule has 6 nitrogen and oxygen atoms in total. The Morgan fingerprint density at radius 2 is 1.85 bits per heavy atom. The Labute approximate surface area is 118 Å². The number of benzene rings is 1. The van der Waals surface area contributed by atoms with Gasteiger partial charge in [-0.15, -0.1) is 0 Å². The van der Waals surface area contributed by atoms with E-state index in [1.54, 1.807) is 13.8 Å². The lowest BCUT2D eigenvalue weighted by Gasteiger charge is -2.24. The molecular formula is C13H19NO5S. The average Bonchev–Trinajstić information content (AvgIpc) is 2.26. The van der Waals surface area contributed by atoms with Crippen molar-refractivity contribution in [2.45, 2.75) is 25.1 Å². The zero-order chi connectivity index (χ0) is 15.4. The van der Waals surface area contributed by atoms with Crippen LogP contribution >= 0.6 is 0 Å². The van der Waals surface area contributed by atoms with Crippen LogP contribution < -0.4 is 4.72 Å². The molecule has 0 aliphatic rings. The van der Waals surface area contributed by atoms with E-state index in [2.05, 4.69) is 4.72 Å². The fourth-order valence-electron chi connectivity index (χ4n) is 1.81. The maximum absolute atomic E-state index is 12.0. The van der Waals surface area contributed by atoms with E-state index >= 15 is 0 Å². The zero-order valence-electron chi connectivity index (χ0n) is 11.7. The molecule has 0 unspecified atom stereocenters. The Bertz CT molecular complexity index is 563. The smallest absolute Gasteiger partial charge is 0.335 e. The fraction of sp³-hybridized carbons (Fsp3) is 0.462. The number of aromatic carboxylic acids is 1. The van der Waals surface area contributed by atoms with Gasteiger partial charge >= 0.3 is 5.97 Å². The van der Waals surface area contributed by atoms with Gasteiger partial charge in [-0.2, -0.15) is 0 Å². The molecule has 0 aliphatic heterocycles. The minimum absolute atomic E-state index is 0.124. The predicted octanol–water partition coefficient (Wildman–Crippen LogP) is 1.23. The van der Waals surface area contributed by atoms with Crippen LogP contribution in [0, 0.1) is 0 Å². The van der Waals surface area contributed by atoms with Gasteiger partial charge in [0.25, 0.3) is 0 Å². The normalized spacial score (nSPS) is 12.3. The number of carboxylic acids is 1. The second-order valence-electron chi connectivity index (χ2n) is 5.18. The Kier molecular flexibility index (Phi) is 5.27. The molecule has 0 aliphatic carbocycles. The second kappa shape index (κ2) is 6.34. The summed E-state index contributed by atoms with van der Waals surface area (Å²) < 4.78 is 31.6. The number of hydrogen-bond donors (Lipinski definition) is 2. The van der Waals surface area contributed by atoms with Gasteiger partial charge in [0.1, 0.15) is 0 Å². The second-order valence-corrected chi connectivity index (χ2v) is 6.90. The molecule has 20 heavy (non-hydrogen) atoms. The van der Waals surface area contributed by atoms with Crippen LogP contribution in [0.25, 0.3) is 0 Å². The summed E-state index contributed by atoms with van der Waals surface area (Å²) >= 11 is 0. The van der Waals surface area contributed by atoms with E-state index in [1.165, 1.54) is 31.4 Å². The molecule has 0 aromatic heterocycles. The Morgan fingerprint density at radius 1 is 1.30 bits per heavy atom. The first-order valence-corrected chi connectivity index (χ1v) is 7.63.